The van der Waals surface area contributed by atoms with Gasteiger partial charge in [-0.1, -0.05) is 118 Å². The molecule has 2 aromatic rings. The van der Waals surface area contributed by atoms with Crippen LogP contribution in [0.25, 0.3) is 11.2 Å². The number of anilines is 1. The van der Waals surface area contributed by atoms with Gasteiger partial charge in [0.2, 0.25) is 5.91 Å². The molecule has 3 heterocycles. The van der Waals surface area contributed by atoms with Crippen LogP contribution in [0.15, 0.2) is 6.33 Å². The number of halogens is 1. The number of hydrogen-bond donors (Lipinski definition) is 1. The molecule has 0 aliphatic carbocycles. The first-order valence-electron chi connectivity index (χ1n) is 19.1. The summed E-state index contributed by atoms with van der Waals surface area (Å²) < 4.78 is 40.6. The quantitative estimate of drug-likeness (QED) is 0.0414. The van der Waals surface area contributed by atoms with E-state index in [1.165, 1.54) is 51.3 Å². The predicted molar refractivity (Wildman–Crippen MR) is 200 cm³/mol. The Morgan fingerprint density at radius 3 is 2.22 bits per heavy atom. The number of amides is 1. The molecular weight excluding hydrogens is 670 g/mol. The molecular formula is C38H62FN5O6Si. The summed E-state index contributed by atoms with van der Waals surface area (Å²) in [6, 6.07) is 0. The number of carbonyl (C=O) groups is 2. The van der Waals surface area contributed by atoms with E-state index in [9.17, 15) is 14.0 Å². The average Bonchev–Trinajstić information content (AvgIpc) is 3.65. The lowest BCUT2D eigenvalue weighted by atomic mass is 9.99. The highest BCUT2D eigenvalue weighted by atomic mass is 28.4. The minimum Gasteiger partial charge on any atom is -0.434 e. The SMILES string of the molecule is C#C[C@]1(COC(=O)OCCCCCCCCCCCC)O[C@@H](n2cnc3c(NC(=O)CCCCCC)nc(F)nc32)CC1O[Si](C)(C)C(C)(C)C. The molecule has 0 radical (unpaired) electrons. The molecule has 13 heteroatoms. The van der Waals surface area contributed by atoms with Crippen molar-refractivity contribution in [1.82, 2.24) is 19.5 Å². The maximum atomic E-state index is 14.8. The van der Waals surface area contributed by atoms with Crippen LogP contribution in [0.4, 0.5) is 15.0 Å². The van der Waals surface area contributed by atoms with Gasteiger partial charge in [-0.3, -0.25) is 9.36 Å². The summed E-state index contributed by atoms with van der Waals surface area (Å²) in [6.45, 7) is 14.9. The smallest absolute Gasteiger partial charge is 0.434 e. The number of aromatic nitrogens is 4. The van der Waals surface area contributed by atoms with E-state index < -0.39 is 38.5 Å². The van der Waals surface area contributed by atoms with E-state index in [4.69, 9.17) is 25.1 Å². The molecule has 1 fully saturated rings. The van der Waals surface area contributed by atoms with Gasteiger partial charge in [0.25, 0.3) is 0 Å². The van der Waals surface area contributed by atoms with Crippen LogP contribution >= 0.6 is 0 Å². The topological polar surface area (TPSA) is 127 Å². The second-order valence-corrected chi connectivity index (χ2v) is 20.1. The third kappa shape index (κ3) is 12.5. The molecule has 1 aliphatic rings. The molecule has 11 nitrogen and oxygen atoms in total. The summed E-state index contributed by atoms with van der Waals surface area (Å²) in [4.78, 5) is 37.6. The van der Waals surface area contributed by atoms with Crippen molar-refractivity contribution >= 4 is 37.4 Å². The minimum atomic E-state index is -2.41. The van der Waals surface area contributed by atoms with Gasteiger partial charge >= 0.3 is 12.2 Å². The van der Waals surface area contributed by atoms with Crippen LogP contribution < -0.4 is 5.32 Å². The Morgan fingerprint density at radius 2 is 1.61 bits per heavy atom. The standard InChI is InChI=1S/C38H62FN5O6Si/c1-9-12-14-16-17-18-19-20-21-23-25-47-36(46)48-27-38(11-3)29(50-51(7,8)37(4,5)6)26-31(49-38)44-28-40-32-33(42-35(39)43-34(32)44)41-30(45)24-22-15-13-10-2/h3,28-29,31H,9-10,12-27H2,1-2,4-8H3,(H,41,42,43,45)/t29?,31-,38-/m1/s1. The maximum absolute atomic E-state index is 14.8. The summed E-state index contributed by atoms with van der Waals surface area (Å²) in [5.74, 6) is 2.44. The summed E-state index contributed by atoms with van der Waals surface area (Å²) in [6.07, 6.45) is 20.3. The number of hydrogen-bond acceptors (Lipinski definition) is 9. The third-order valence-corrected chi connectivity index (χ3v) is 14.6. The molecule has 0 aromatic carbocycles. The van der Waals surface area contributed by atoms with Gasteiger partial charge in [-0.05, 0) is 31.0 Å². The van der Waals surface area contributed by atoms with Crippen LogP contribution in [0, 0.1) is 18.4 Å². The van der Waals surface area contributed by atoms with E-state index in [1.807, 2.05) is 0 Å². The summed E-state index contributed by atoms with van der Waals surface area (Å²) in [5.41, 5.74) is -1.12. The first-order chi connectivity index (χ1) is 24.3. The Labute approximate surface area is 305 Å². The van der Waals surface area contributed by atoms with E-state index >= 15 is 0 Å². The third-order valence-electron chi connectivity index (χ3n) is 10.1. The zero-order valence-corrected chi connectivity index (χ0v) is 33.2. The fourth-order valence-electron chi connectivity index (χ4n) is 5.93. The second-order valence-electron chi connectivity index (χ2n) is 15.3. The molecule has 286 valence electrons. The molecule has 0 spiro atoms. The van der Waals surface area contributed by atoms with Gasteiger partial charge in [-0.2, -0.15) is 14.4 Å². The van der Waals surface area contributed by atoms with Crippen LogP contribution in [0.1, 0.15) is 144 Å². The molecule has 2 aromatic heterocycles. The normalized spacial score (nSPS) is 19.3. The minimum absolute atomic E-state index is 0.0134. The number of nitrogens with one attached hydrogen (secondary N) is 1. The maximum Gasteiger partial charge on any atom is 0.508 e. The van der Waals surface area contributed by atoms with Crippen molar-refractivity contribution in [2.45, 2.75) is 173 Å². The number of terminal acetylenes is 1. The summed E-state index contributed by atoms with van der Waals surface area (Å²) >= 11 is 0. The highest BCUT2D eigenvalue weighted by molar-refractivity contribution is 6.74. The molecule has 1 N–H and O–H groups in total. The lowest BCUT2D eigenvalue weighted by molar-refractivity contribution is -0.116. The van der Waals surface area contributed by atoms with Crippen molar-refractivity contribution in [2.24, 2.45) is 0 Å². The average molecular weight is 732 g/mol. The van der Waals surface area contributed by atoms with Gasteiger partial charge in [0.15, 0.2) is 30.9 Å². The van der Waals surface area contributed by atoms with Crippen LogP contribution in [0.5, 0.6) is 0 Å². The van der Waals surface area contributed by atoms with Crippen molar-refractivity contribution in [2.75, 3.05) is 18.5 Å². The van der Waals surface area contributed by atoms with E-state index in [1.54, 1.807) is 4.57 Å². The van der Waals surface area contributed by atoms with Crippen molar-refractivity contribution in [3.63, 3.8) is 0 Å². The lowest BCUT2D eigenvalue weighted by Gasteiger charge is -2.41. The number of rotatable bonds is 22. The van der Waals surface area contributed by atoms with E-state index in [-0.39, 0.29) is 47.6 Å². The van der Waals surface area contributed by atoms with Crippen LogP contribution in [0.2, 0.25) is 18.1 Å². The summed E-state index contributed by atoms with van der Waals surface area (Å²) in [7, 11) is -2.41. The fourth-order valence-corrected chi connectivity index (χ4v) is 7.28. The Balaban J connectivity index is 1.69. The molecule has 1 amide bonds. The molecule has 1 unspecified atom stereocenters. The van der Waals surface area contributed by atoms with Crippen molar-refractivity contribution in [3.8, 4) is 12.3 Å². The van der Waals surface area contributed by atoms with Crippen molar-refractivity contribution in [1.29, 1.82) is 0 Å². The van der Waals surface area contributed by atoms with Crippen molar-refractivity contribution < 1.29 is 32.6 Å². The van der Waals surface area contributed by atoms with E-state index in [0.717, 1.165) is 44.9 Å². The van der Waals surface area contributed by atoms with Gasteiger partial charge < -0.3 is 24.0 Å². The van der Waals surface area contributed by atoms with Crippen LogP contribution in [0.3, 0.4) is 0 Å². The monoisotopic (exact) mass is 731 g/mol. The Bertz CT molecular complexity index is 1440. The second kappa shape index (κ2) is 20.2. The van der Waals surface area contributed by atoms with Crippen LogP contribution in [-0.2, 0) is 23.4 Å². The first-order valence-corrected chi connectivity index (χ1v) is 22.0. The fraction of sp³-hybridized carbons (Fsp3) is 0.763. The molecule has 3 atom stereocenters. The van der Waals surface area contributed by atoms with Crippen molar-refractivity contribution in [3.05, 3.63) is 12.4 Å². The predicted octanol–water partition coefficient (Wildman–Crippen LogP) is 9.63. The molecule has 3 rings (SSSR count). The van der Waals surface area contributed by atoms with E-state index in [2.05, 4.69) is 73.9 Å². The molecule has 0 bridgehead atoms. The van der Waals surface area contributed by atoms with Crippen LogP contribution in [-0.4, -0.2) is 64.8 Å². The molecule has 51 heavy (non-hydrogen) atoms. The number of carbonyl (C=O) groups excluding carboxylic acids is 2. The molecule has 0 saturated carbocycles. The Kier molecular flexibility index (Phi) is 16.8. The largest absolute Gasteiger partial charge is 0.508 e. The zero-order chi connectivity index (χ0) is 37.5. The first kappa shape index (κ1) is 42.3. The van der Waals surface area contributed by atoms with Gasteiger partial charge in [0.1, 0.15) is 12.8 Å². The highest BCUT2D eigenvalue weighted by Gasteiger charge is 2.54. The highest BCUT2D eigenvalue weighted by Crippen LogP contribution is 2.45. The number of imidazole rings is 1. The summed E-state index contributed by atoms with van der Waals surface area (Å²) in [5, 5.41) is 2.54. The number of unbranched alkanes of at least 4 members (excludes halogenated alkanes) is 12. The Hall–Kier alpha value is -3.08. The lowest BCUT2D eigenvalue weighted by Crippen LogP contribution is -2.52. The number of fused-ring (bicyclic) bond motifs is 1. The molecule has 1 saturated heterocycles. The number of ether oxygens (including phenoxy) is 3. The Morgan fingerprint density at radius 1 is 1.00 bits per heavy atom. The number of nitrogens with zero attached hydrogens (tertiary/aromatic N) is 4. The van der Waals surface area contributed by atoms with E-state index in [0.29, 0.717) is 6.42 Å². The van der Waals surface area contributed by atoms with Gasteiger partial charge in [0, 0.05) is 12.8 Å². The van der Waals surface area contributed by atoms with Gasteiger partial charge in [0.05, 0.1) is 19.0 Å². The zero-order valence-electron chi connectivity index (χ0n) is 32.2. The molecule has 1 aliphatic heterocycles. The van der Waals surface area contributed by atoms with Gasteiger partial charge in [-0.25, -0.2) is 9.78 Å². The van der Waals surface area contributed by atoms with Gasteiger partial charge in [-0.15, -0.1) is 6.42 Å².